The molecule has 4 nitrogen and oxygen atoms in total. The van der Waals surface area contributed by atoms with Gasteiger partial charge in [-0.25, -0.2) is 0 Å². The number of amides is 1. The van der Waals surface area contributed by atoms with E-state index in [0.717, 1.165) is 56.8 Å². The molecule has 4 heteroatoms. The van der Waals surface area contributed by atoms with Crippen LogP contribution in [0.5, 0.6) is 0 Å². The molecule has 0 radical (unpaired) electrons. The van der Waals surface area contributed by atoms with E-state index in [1.807, 2.05) is 36.4 Å². The van der Waals surface area contributed by atoms with Gasteiger partial charge in [-0.15, -0.1) is 0 Å². The van der Waals surface area contributed by atoms with E-state index in [2.05, 4.69) is 17.1 Å². The number of nitrogens with one attached hydrogen (secondary N) is 1. The number of hydrogen-bond acceptors (Lipinski definition) is 3. The van der Waals surface area contributed by atoms with Gasteiger partial charge in [0.25, 0.3) is 5.91 Å². The van der Waals surface area contributed by atoms with Gasteiger partial charge in [0.2, 0.25) is 0 Å². The maximum Gasteiger partial charge on any atom is 0.251 e. The summed E-state index contributed by atoms with van der Waals surface area (Å²) in [7, 11) is 0. The lowest BCUT2D eigenvalue weighted by atomic mass is 9.96. The molecule has 2 aromatic rings. The third-order valence-electron chi connectivity index (χ3n) is 4.84. The summed E-state index contributed by atoms with van der Waals surface area (Å²) in [4.78, 5) is 14.6. The molecule has 1 aliphatic rings. The number of piperidine rings is 1. The molecule has 1 aromatic heterocycles. The van der Waals surface area contributed by atoms with Crippen LogP contribution in [0.25, 0.3) is 0 Å². The Balaban J connectivity index is 1.40. The Morgan fingerprint density at radius 1 is 1.21 bits per heavy atom. The minimum Gasteiger partial charge on any atom is -0.468 e. The second kappa shape index (κ2) is 8.15. The maximum atomic E-state index is 12.2. The van der Waals surface area contributed by atoms with Crippen LogP contribution in [0.4, 0.5) is 0 Å². The second-order valence-corrected chi connectivity index (χ2v) is 6.56. The molecule has 1 fully saturated rings. The first-order valence-electron chi connectivity index (χ1n) is 8.86. The zero-order valence-electron chi connectivity index (χ0n) is 14.3. The molecule has 0 atom stereocenters. The molecule has 2 heterocycles. The van der Waals surface area contributed by atoms with Crippen LogP contribution >= 0.6 is 0 Å². The summed E-state index contributed by atoms with van der Waals surface area (Å²) in [6, 6.07) is 11.9. The normalized spacial score (nSPS) is 16.2. The van der Waals surface area contributed by atoms with E-state index in [1.165, 1.54) is 5.56 Å². The van der Waals surface area contributed by atoms with Gasteiger partial charge in [0.15, 0.2) is 0 Å². The first kappa shape index (κ1) is 16.8. The summed E-state index contributed by atoms with van der Waals surface area (Å²) < 4.78 is 5.41. The largest absolute Gasteiger partial charge is 0.468 e. The fourth-order valence-electron chi connectivity index (χ4n) is 3.20. The molecule has 128 valence electrons. The highest BCUT2D eigenvalue weighted by atomic mass is 16.3. The van der Waals surface area contributed by atoms with Crippen LogP contribution in [0.3, 0.4) is 0 Å². The SMILES string of the molecule is CCc1ccc(C(=O)NCC2CCN(Cc3ccco3)CC2)cc1. The maximum absolute atomic E-state index is 12.2. The van der Waals surface area contributed by atoms with E-state index < -0.39 is 0 Å². The zero-order chi connectivity index (χ0) is 16.8. The second-order valence-electron chi connectivity index (χ2n) is 6.56. The Kier molecular flexibility index (Phi) is 5.70. The molecule has 0 saturated carbocycles. The van der Waals surface area contributed by atoms with Crippen molar-refractivity contribution < 1.29 is 9.21 Å². The summed E-state index contributed by atoms with van der Waals surface area (Å²) in [5, 5.41) is 3.09. The van der Waals surface area contributed by atoms with Gasteiger partial charge >= 0.3 is 0 Å². The predicted molar refractivity (Wildman–Crippen MR) is 94.9 cm³/mol. The van der Waals surface area contributed by atoms with Crippen molar-refractivity contribution in [3.63, 3.8) is 0 Å². The molecule has 24 heavy (non-hydrogen) atoms. The third-order valence-corrected chi connectivity index (χ3v) is 4.84. The first-order valence-corrected chi connectivity index (χ1v) is 8.86. The lowest BCUT2D eigenvalue weighted by molar-refractivity contribution is 0.0934. The van der Waals surface area contributed by atoms with Gasteiger partial charge in [0, 0.05) is 12.1 Å². The summed E-state index contributed by atoms with van der Waals surface area (Å²) in [6.07, 6.45) is 4.97. The van der Waals surface area contributed by atoms with Gasteiger partial charge in [-0.3, -0.25) is 9.69 Å². The van der Waals surface area contributed by atoms with Gasteiger partial charge in [-0.2, -0.15) is 0 Å². The molecule has 3 rings (SSSR count). The number of aryl methyl sites for hydroxylation is 1. The summed E-state index contributed by atoms with van der Waals surface area (Å²) in [5.41, 5.74) is 2.01. The van der Waals surface area contributed by atoms with Gasteiger partial charge in [-0.05, 0) is 68.1 Å². The van der Waals surface area contributed by atoms with Crippen LogP contribution in [-0.2, 0) is 13.0 Å². The van der Waals surface area contributed by atoms with E-state index >= 15 is 0 Å². The van der Waals surface area contributed by atoms with Gasteiger partial charge < -0.3 is 9.73 Å². The lowest BCUT2D eigenvalue weighted by Gasteiger charge is -2.31. The number of carbonyl (C=O) groups excluding carboxylic acids is 1. The molecule has 0 spiro atoms. The van der Waals surface area contributed by atoms with Crippen molar-refractivity contribution in [1.82, 2.24) is 10.2 Å². The Labute approximate surface area is 143 Å². The molecule has 1 amide bonds. The Hall–Kier alpha value is -2.07. The molecule has 0 bridgehead atoms. The molecule has 1 aromatic carbocycles. The Morgan fingerprint density at radius 3 is 2.58 bits per heavy atom. The van der Waals surface area contributed by atoms with Gasteiger partial charge in [-0.1, -0.05) is 19.1 Å². The van der Waals surface area contributed by atoms with E-state index in [-0.39, 0.29) is 5.91 Å². The van der Waals surface area contributed by atoms with Crippen LogP contribution in [-0.4, -0.2) is 30.4 Å². The lowest BCUT2D eigenvalue weighted by Crippen LogP contribution is -2.38. The van der Waals surface area contributed by atoms with Crippen LogP contribution in [0.1, 0.15) is 41.4 Å². The standard InChI is InChI=1S/C20H26N2O2/c1-2-16-5-7-18(8-6-16)20(23)21-14-17-9-11-22(12-10-17)15-19-4-3-13-24-19/h3-8,13,17H,2,9-12,14-15H2,1H3,(H,21,23). The summed E-state index contributed by atoms with van der Waals surface area (Å²) in [6.45, 7) is 5.89. The number of benzene rings is 1. The minimum absolute atomic E-state index is 0.0377. The van der Waals surface area contributed by atoms with Crippen molar-refractivity contribution in [2.24, 2.45) is 5.92 Å². The molecular formula is C20H26N2O2. The number of furan rings is 1. The number of hydrogen-bond donors (Lipinski definition) is 1. The average Bonchev–Trinajstić information content (AvgIpc) is 3.14. The molecule has 0 unspecified atom stereocenters. The summed E-state index contributed by atoms with van der Waals surface area (Å²) in [5.74, 6) is 1.63. The number of likely N-dealkylation sites (tertiary alicyclic amines) is 1. The van der Waals surface area contributed by atoms with Gasteiger partial charge in [0.05, 0.1) is 12.8 Å². The third kappa shape index (κ3) is 4.48. The molecule has 0 aliphatic carbocycles. The molecule has 1 saturated heterocycles. The Bertz CT molecular complexity index is 626. The highest BCUT2D eigenvalue weighted by Gasteiger charge is 2.20. The topological polar surface area (TPSA) is 45.5 Å². The fourth-order valence-corrected chi connectivity index (χ4v) is 3.20. The van der Waals surface area contributed by atoms with Crippen molar-refractivity contribution in [3.8, 4) is 0 Å². The van der Waals surface area contributed by atoms with Crippen molar-refractivity contribution in [1.29, 1.82) is 0 Å². The number of carbonyl (C=O) groups is 1. The number of nitrogens with zero attached hydrogens (tertiary/aromatic N) is 1. The molecular weight excluding hydrogens is 300 g/mol. The van der Waals surface area contributed by atoms with Gasteiger partial charge in [0.1, 0.15) is 5.76 Å². The highest BCUT2D eigenvalue weighted by Crippen LogP contribution is 2.18. The van der Waals surface area contributed by atoms with Crippen molar-refractivity contribution in [3.05, 3.63) is 59.5 Å². The molecule has 1 N–H and O–H groups in total. The summed E-state index contributed by atoms with van der Waals surface area (Å²) >= 11 is 0. The van der Waals surface area contributed by atoms with E-state index in [9.17, 15) is 4.79 Å². The minimum atomic E-state index is 0.0377. The quantitative estimate of drug-likeness (QED) is 0.884. The van der Waals surface area contributed by atoms with Crippen LogP contribution in [0.2, 0.25) is 0 Å². The van der Waals surface area contributed by atoms with Crippen LogP contribution in [0.15, 0.2) is 47.1 Å². The molecule has 1 aliphatic heterocycles. The van der Waals surface area contributed by atoms with E-state index in [0.29, 0.717) is 5.92 Å². The van der Waals surface area contributed by atoms with Crippen LogP contribution in [0, 0.1) is 5.92 Å². The van der Waals surface area contributed by atoms with E-state index in [1.54, 1.807) is 6.26 Å². The number of rotatable bonds is 6. The van der Waals surface area contributed by atoms with Crippen LogP contribution < -0.4 is 5.32 Å². The first-order chi connectivity index (χ1) is 11.7. The van der Waals surface area contributed by atoms with E-state index in [4.69, 9.17) is 4.42 Å². The van der Waals surface area contributed by atoms with Crippen molar-refractivity contribution in [2.45, 2.75) is 32.7 Å². The fraction of sp³-hybridized carbons (Fsp3) is 0.450. The van der Waals surface area contributed by atoms with Crippen molar-refractivity contribution >= 4 is 5.91 Å². The smallest absolute Gasteiger partial charge is 0.251 e. The predicted octanol–water partition coefficient (Wildman–Crippen LogP) is 3.48. The average molecular weight is 326 g/mol. The zero-order valence-corrected chi connectivity index (χ0v) is 14.3. The monoisotopic (exact) mass is 326 g/mol. The van der Waals surface area contributed by atoms with Crippen molar-refractivity contribution in [2.75, 3.05) is 19.6 Å². The Morgan fingerprint density at radius 2 is 1.96 bits per heavy atom. The highest BCUT2D eigenvalue weighted by molar-refractivity contribution is 5.94.